The lowest BCUT2D eigenvalue weighted by Gasteiger charge is -1.95. The van der Waals surface area contributed by atoms with Crippen LogP contribution in [0.1, 0.15) is 0 Å². The lowest BCUT2D eigenvalue weighted by atomic mass is 10.3. The molecule has 0 saturated carbocycles. The fourth-order valence-electron chi connectivity index (χ4n) is 1.04. The van der Waals surface area contributed by atoms with Crippen molar-refractivity contribution in [1.82, 2.24) is 15.0 Å². The Bertz CT molecular complexity index is 574. The molecule has 0 spiro atoms. The summed E-state index contributed by atoms with van der Waals surface area (Å²) in [5, 5.41) is 0.766. The van der Waals surface area contributed by atoms with Gasteiger partial charge in [0.25, 0.3) is 5.56 Å². The first kappa shape index (κ1) is 8.40. The number of hydrogen-bond donors (Lipinski definition) is 2. The molecule has 6 heteroatoms. The number of rotatable bonds is 0. The highest BCUT2D eigenvalue weighted by molar-refractivity contribution is 7.71. The minimum Gasteiger partial charge on any atom is -0.332 e. The molecule has 2 heterocycles. The zero-order chi connectivity index (χ0) is 9.42. The van der Waals surface area contributed by atoms with Gasteiger partial charge in [0.05, 0.1) is 10.9 Å². The van der Waals surface area contributed by atoms with Crippen LogP contribution in [0.5, 0.6) is 0 Å². The average molecular weight is 214 g/mol. The Balaban J connectivity index is 3.03. The highest BCUT2D eigenvalue weighted by Crippen LogP contribution is 2.10. The van der Waals surface area contributed by atoms with E-state index in [1.54, 1.807) is 6.07 Å². The van der Waals surface area contributed by atoms with Crippen molar-refractivity contribution in [3.8, 4) is 0 Å². The highest BCUT2D eigenvalue weighted by Gasteiger charge is 1.99. The standard InChI is InChI=1S/C7H4ClN3OS/c8-5-1-4-3(2-9-5)6(12)11-7(13)10-4/h1-2H,(H2,10,11,12,13). The number of H-pyrrole nitrogens is 2. The Morgan fingerprint density at radius 3 is 3.00 bits per heavy atom. The zero-order valence-corrected chi connectivity index (χ0v) is 7.87. The molecule has 0 unspecified atom stereocenters. The van der Waals surface area contributed by atoms with E-state index in [1.807, 2.05) is 0 Å². The van der Waals surface area contributed by atoms with Gasteiger partial charge < -0.3 is 4.98 Å². The average Bonchev–Trinajstić information content (AvgIpc) is 2.02. The third kappa shape index (κ3) is 1.48. The molecule has 66 valence electrons. The molecule has 0 bridgehead atoms. The van der Waals surface area contributed by atoms with E-state index in [0.717, 1.165) is 0 Å². The Kier molecular flexibility index (Phi) is 1.90. The summed E-state index contributed by atoms with van der Waals surface area (Å²) in [5.41, 5.74) is 0.330. The normalized spacial score (nSPS) is 10.5. The summed E-state index contributed by atoms with van der Waals surface area (Å²) in [6.45, 7) is 0. The van der Waals surface area contributed by atoms with E-state index in [1.165, 1.54) is 6.20 Å². The number of aromatic amines is 2. The second-order valence-electron chi connectivity index (χ2n) is 2.46. The second kappa shape index (κ2) is 2.93. The fraction of sp³-hybridized carbons (Fsp3) is 0. The predicted octanol–water partition coefficient (Wildman–Crippen LogP) is 1.63. The quantitative estimate of drug-likeness (QED) is 0.517. The second-order valence-corrected chi connectivity index (χ2v) is 3.26. The number of hydrogen-bond acceptors (Lipinski definition) is 3. The number of nitrogens with zero attached hydrogens (tertiary/aromatic N) is 1. The van der Waals surface area contributed by atoms with Crippen molar-refractivity contribution in [1.29, 1.82) is 0 Å². The van der Waals surface area contributed by atoms with Gasteiger partial charge in [0.2, 0.25) is 0 Å². The summed E-state index contributed by atoms with van der Waals surface area (Å²) in [6, 6.07) is 1.56. The molecule has 0 aromatic carbocycles. The van der Waals surface area contributed by atoms with E-state index >= 15 is 0 Å². The molecule has 0 saturated heterocycles. The minimum atomic E-state index is -0.261. The van der Waals surface area contributed by atoms with Crippen LogP contribution in [-0.2, 0) is 0 Å². The Morgan fingerprint density at radius 2 is 2.23 bits per heavy atom. The van der Waals surface area contributed by atoms with E-state index < -0.39 is 0 Å². The number of nitrogens with one attached hydrogen (secondary N) is 2. The van der Waals surface area contributed by atoms with Crippen molar-refractivity contribution in [2.45, 2.75) is 0 Å². The van der Waals surface area contributed by atoms with E-state index in [2.05, 4.69) is 15.0 Å². The van der Waals surface area contributed by atoms with Gasteiger partial charge in [-0.05, 0) is 18.3 Å². The molecular formula is C7H4ClN3OS. The predicted molar refractivity (Wildman–Crippen MR) is 52.6 cm³/mol. The van der Waals surface area contributed by atoms with Crippen LogP contribution in [-0.4, -0.2) is 15.0 Å². The van der Waals surface area contributed by atoms with Crippen molar-refractivity contribution < 1.29 is 0 Å². The topological polar surface area (TPSA) is 61.5 Å². The van der Waals surface area contributed by atoms with Crippen LogP contribution < -0.4 is 5.56 Å². The molecule has 2 aromatic rings. The molecule has 13 heavy (non-hydrogen) atoms. The van der Waals surface area contributed by atoms with Crippen LogP contribution in [0.3, 0.4) is 0 Å². The number of aromatic nitrogens is 3. The Labute approximate surface area is 82.6 Å². The Hall–Kier alpha value is -1.20. The number of pyridine rings is 1. The lowest BCUT2D eigenvalue weighted by Crippen LogP contribution is -2.07. The maximum atomic E-state index is 11.3. The summed E-state index contributed by atoms with van der Waals surface area (Å²) >= 11 is 10.4. The van der Waals surface area contributed by atoms with Gasteiger partial charge >= 0.3 is 0 Å². The van der Waals surface area contributed by atoms with Crippen molar-refractivity contribution in [2.24, 2.45) is 0 Å². The molecule has 0 aliphatic carbocycles. The molecule has 2 aromatic heterocycles. The van der Waals surface area contributed by atoms with Gasteiger partial charge in [-0.15, -0.1) is 0 Å². The molecule has 2 rings (SSSR count). The van der Waals surface area contributed by atoms with E-state index in [4.69, 9.17) is 23.8 Å². The van der Waals surface area contributed by atoms with Gasteiger partial charge in [-0.1, -0.05) is 11.6 Å². The monoisotopic (exact) mass is 213 g/mol. The largest absolute Gasteiger partial charge is 0.332 e. The van der Waals surface area contributed by atoms with Crippen LogP contribution in [0.4, 0.5) is 0 Å². The smallest absolute Gasteiger partial charge is 0.261 e. The van der Waals surface area contributed by atoms with Gasteiger partial charge in [0, 0.05) is 6.20 Å². The maximum absolute atomic E-state index is 11.3. The van der Waals surface area contributed by atoms with Crippen LogP contribution >= 0.6 is 23.8 Å². The van der Waals surface area contributed by atoms with E-state index in [0.29, 0.717) is 16.1 Å². The van der Waals surface area contributed by atoms with Gasteiger partial charge in [-0.3, -0.25) is 9.78 Å². The van der Waals surface area contributed by atoms with Crippen LogP contribution in [0, 0.1) is 4.77 Å². The SMILES string of the molecule is O=c1[nH]c(=S)[nH]c2cc(Cl)ncc12. The van der Waals surface area contributed by atoms with Gasteiger partial charge in [-0.2, -0.15) is 0 Å². The Morgan fingerprint density at radius 1 is 1.46 bits per heavy atom. The molecule has 0 amide bonds. The summed E-state index contributed by atoms with van der Waals surface area (Å²) < 4.78 is 0.278. The molecule has 0 atom stereocenters. The lowest BCUT2D eigenvalue weighted by molar-refractivity contribution is 1.13. The van der Waals surface area contributed by atoms with Crippen LogP contribution in [0.15, 0.2) is 17.1 Å². The maximum Gasteiger partial charge on any atom is 0.261 e. The minimum absolute atomic E-state index is 0.261. The zero-order valence-electron chi connectivity index (χ0n) is 6.30. The molecule has 0 aliphatic rings. The van der Waals surface area contributed by atoms with Gasteiger partial charge in [-0.25, -0.2) is 4.98 Å². The first-order valence-electron chi connectivity index (χ1n) is 3.45. The molecular weight excluding hydrogens is 210 g/mol. The molecule has 4 nitrogen and oxygen atoms in total. The summed E-state index contributed by atoms with van der Waals surface area (Å²) in [5.74, 6) is 0. The molecule has 0 radical (unpaired) electrons. The van der Waals surface area contributed by atoms with Gasteiger partial charge in [0.1, 0.15) is 5.15 Å². The first-order chi connectivity index (χ1) is 6.16. The third-order valence-corrected chi connectivity index (χ3v) is 2.00. The van der Waals surface area contributed by atoms with Crippen molar-refractivity contribution in [3.63, 3.8) is 0 Å². The van der Waals surface area contributed by atoms with Gasteiger partial charge in [0.15, 0.2) is 4.77 Å². The fourth-order valence-corrected chi connectivity index (χ4v) is 1.40. The first-order valence-corrected chi connectivity index (χ1v) is 4.23. The van der Waals surface area contributed by atoms with Crippen LogP contribution in [0.25, 0.3) is 10.9 Å². The number of fused-ring (bicyclic) bond motifs is 1. The van der Waals surface area contributed by atoms with Crippen molar-refractivity contribution in [3.05, 3.63) is 32.5 Å². The highest BCUT2D eigenvalue weighted by atomic mass is 35.5. The summed E-state index contributed by atoms with van der Waals surface area (Å²) in [6.07, 6.45) is 1.40. The van der Waals surface area contributed by atoms with Crippen LogP contribution in [0.2, 0.25) is 5.15 Å². The van der Waals surface area contributed by atoms with E-state index in [9.17, 15) is 4.79 Å². The summed E-state index contributed by atoms with van der Waals surface area (Å²) in [7, 11) is 0. The van der Waals surface area contributed by atoms with Crippen molar-refractivity contribution >= 4 is 34.7 Å². The number of halogens is 1. The van der Waals surface area contributed by atoms with Crippen molar-refractivity contribution in [2.75, 3.05) is 0 Å². The van der Waals surface area contributed by atoms with E-state index in [-0.39, 0.29) is 10.3 Å². The third-order valence-electron chi connectivity index (χ3n) is 1.59. The molecule has 0 fully saturated rings. The molecule has 0 aliphatic heterocycles. The summed E-state index contributed by atoms with van der Waals surface area (Å²) in [4.78, 5) is 20.3. The molecule has 2 N–H and O–H groups in total.